The standard InChI is InChI=1S/C14H13NO3P/c1-2-17-19(16)18-15-13-9-5-3-7-11(13)12-8-4-6-10-14(12)15/h3-10H,2H2,1H3/q+1. The number of rotatable bonds is 4. The van der Waals surface area contributed by atoms with E-state index in [0.717, 1.165) is 21.8 Å². The molecule has 0 saturated carbocycles. The van der Waals surface area contributed by atoms with E-state index in [-0.39, 0.29) is 0 Å². The molecule has 0 radical (unpaired) electrons. The molecule has 3 aromatic rings. The Morgan fingerprint density at radius 2 is 1.53 bits per heavy atom. The van der Waals surface area contributed by atoms with E-state index in [4.69, 9.17) is 9.15 Å². The molecule has 0 bridgehead atoms. The van der Waals surface area contributed by atoms with E-state index in [1.807, 2.05) is 48.5 Å². The Balaban J connectivity index is 2.22. The number of fused-ring (bicyclic) bond motifs is 3. The van der Waals surface area contributed by atoms with Crippen LogP contribution in [0.4, 0.5) is 0 Å². The average Bonchev–Trinajstić information content (AvgIpc) is 2.75. The van der Waals surface area contributed by atoms with E-state index in [9.17, 15) is 4.57 Å². The molecular formula is C14H13NO3P+. The molecule has 0 spiro atoms. The summed E-state index contributed by atoms with van der Waals surface area (Å²) in [5, 5.41) is 2.14. The summed E-state index contributed by atoms with van der Waals surface area (Å²) in [5.74, 6) is 0. The second-order valence-electron chi connectivity index (χ2n) is 4.05. The number of aromatic nitrogens is 1. The first-order valence-corrected chi connectivity index (χ1v) is 7.17. The molecule has 0 aliphatic heterocycles. The van der Waals surface area contributed by atoms with Gasteiger partial charge in [-0.1, -0.05) is 36.4 Å². The predicted molar refractivity (Wildman–Crippen MR) is 75.3 cm³/mol. The minimum atomic E-state index is -2.16. The van der Waals surface area contributed by atoms with Crippen LogP contribution in [0.25, 0.3) is 21.8 Å². The summed E-state index contributed by atoms with van der Waals surface area (Å²) in [6.07, 6.45) is 0. The maximum Gasteiger partial charge on any atom is 0.771 e. The van der Waals surface area contributed by atoms with Crippen molar-refractivity contribution in [2.24, 2.45) is 0 Å². The average molecular weight is 274 g/mol. The lowest BCUT2D eigenvalue weighted by Crippen LogP contribution is -2.04. The van der Waals surface area contributed by atoms with Crippen molar-refractivity contribution in [3.8, 4) is 0 Å². The topological polar surface area (TPSA) is 40.5 Å². The van der Waals surface area contributed by atoms with Crippen LogP contribution in [0.3, 0.4) is 0 Å². The zero-order valence-corrected chi connectivity index (χ0v) is 11.3. The Morgan fingerprint density at radius 1 is 1.00 bits per heavy atom. The molecule has 96 valence electrons. The van der Waals surface area contributed by atoms with E-state index < -0.39 is 8.25 Å². The van der Waals surface area contributed by atoms with Gasteiger partial charge >= 0.3 is 8.25 Å². The first kappa shape index (κ1) is 12.2. The van der Waals surface area contributed by atoms with Crippen molar-refractivity contribution in [2.45, 2.75) is 6.92 Å². The minimum Gasteiger partial charge on any atom is -0.125 e. The third-order valence-corrected chi connectivity index (χ3v) is 3.68. The number of hydrogen-bond acceptors (Lipinski definition) is 3. The van der Waals surface area contributed by atoms with Crippen molar-refractivity contribution >= 4 is 30.1 Å². The Kier molecular flexibility index (Phi) is 3.20. The zero-order valence-electron chi connectivity index (χ0n) is 10.4. The van der Waals surface area contributed by atoms with Crippen LogP contribution in [0, 0.1) is 0 Å². The van der Waals surface area contributed by atoms with Crippen molar-refractivity contribution in [1.29, 1.82) is 0 Å². The van der Waals surface area contributed by atoms with Gasteiger partial charge < -0.3 is 0 Å². The molecule has 1 heterocycles. The van der Waals surface area contributed by atoms with Gasteiger partial charge in [-0.25, -0.2) is 0 Å². The second kappa shape index (κ2) is 5.00. The molecule has 1 atom stereocenters. The van der Waals surface area contributed by atoms with E-state index >= 15 is 0 Å². The zero-order chi connectivity index (χ0) is 13.2. The van der Waals surface area contributed by atoms with Gasteiger partial charge in [0, 0.05) is 15.3 Å². The first-order chi connectivity index (χ1) is 9.31. The van der Waals surface area contributed by atoms with Crippen LogP contribution in [0.15, 0.2) is 48.5 Å². The van der Waals surface area contributed by atoms with Crippen LogP contribution in [0.5, 0.6) is 0 Å². The monoisotopic (exact) mass is 274 g/mol. The summed E-state index contributed by atoms with van der Waals surface area (Å²) in [4.78, 5) is 0. The lowest BCUT2D eigenvalue weighted by molar-refractivity contribution is 0.228. The highest BCUT2D eigenvalue weighted by Crippen LogP contribution is 2.31. The van der Waals surface area contributed by atoms with E-state index in [1.54, 1.807) is 11.7 Å². The summed E-state index contributed by atoms with van der Waals surface area (Å²) < 4.78 is 23.7. The van der Waals surface area contributed by atoms with Gasteiger partial charge in [0.15, 0.2) is 0 Å². The molecule has 0 aliphatic rings. The van der Waals surface area contributed by atoms with Gasteiger partial charge in [-0.15, -0.1) is 13.9 Å². The van der Waals surface area contributed by atoms with E-state index in [1.165, 1.54) is 0 Å². The van der Waals surface area contributed by atoms with Gasteiger partial charge in [0.2, 0.25) is 0 Å². The quantitative estimate of drug-likeness (QED) is 0.677. The van der Waals surface area contributed by atoms with Crippen LogP contribution in [0.1, 0.15) is 6.92 Å². The summed E-state index contributed by atoms with van der Waals surface area (Å²) in [7, 11) is -2.16. The number of nitrogens with zero attached hydrogens (tertiary/aromatic N) is 1. The Hall–Kier alpha value is -1.90. The van der Waals surface area contributed by atoms with Gasteiger partial charge in [-0.05, 0) is 19.1 Å². The SMILES string of the molecule is CCO[P+](=O)On1c2ccccc2c2ccccc21. The fourth-order valence-corrected chi connectivity index (χ4v) is 2.74. The van der Waals surface area contributed by atoms with Crippen LogP contribution < -0.4 is 4.62 Å². The molecular weight excluding hydrogens is 261 g/mol. The molecule has 0 amide bonds. The summed E-state index contributed by atoms with van der Waals surface area (Å²) >= 11 is 0. The van der Waals surface area contributed by atoms with Gasteiger partial charge in [-0.3, -0.25) is 0 Å². The molecule has 0 fully saturated rings. The summed E-state index contributed by atoms with van der Waals surface area (Å²) in [5.41, 5.74) is 1.76. The molecule has 2 aromatic carbocycles. The van der Waals surface area contributed by atoms with Crippen molar-refractivity contribution in [3.05, 3.63) is 48.5 Å². The third-order valence-electron chi connectivity index (χ3n) is 2.92. The molecule has 5 heteroatoms. The number of hydrogen-bond donors (Lipinski definition) is 0. The maximum absolute atomic E-state index is 11.7. The molecule has 4 nitrogen and oxygen atoms in total. The highest BCUT2D eigenvalue weighted by Gasteiger charge is 2.24. The first-order valence-electron chi connectivity index (χ1n) is 6.08. The normalized spacial score (nSPS) is 11.9. The maximum atomic E-state index is 11.7. The van der Waals surface area contributed by atoms with Crippen LogP contribution in [0.2, 0.25) is 0 Å². The van der Waals surface area contributed by atoms with Crippen molar-refractivity contribution in [1.82, 2.24) is 4.73 Å². The van der Waals surface area contributed by atoms with Crippen LogP contribution in [-0.4, -0.2) is 11.3 Å². The van der Waals surface area contributed by atoms with Crippen LogP contribution in [-0.2, 0) is 9.09 Å². The molecule has 0 N–H and O–H groups in total. The van der Waals surface area contributed by atoms with Crippen LogP contribution >= 0.6 is 8.25 Å². The Bertz CT molecular complexity index is 697. The lowest BCUT2D eigenvalue weighted by atomic mass is 10.2. The fourth-order valence-electron chi connectivity index (χ4n) is 2.17. The van der Waals surface area contributed by atoms with Gasteiger partial charge in [0.05, 0.1) is 11.0 Å². The number of benzene rings is 2. The van der Waals surface area contributed by atoms with Gasteiger partial charge in [0.25, 0.3) is 0 Å². The smallest absolute Gasteiger partial charge is 0.125 e. The number of para-hydroxylation sites is 2. The summed E-state index contributed by atoms with van der Waals surface area (Å²) in [6, 6.07) is 15.7. The Morgan fingerprint density at radius 3 is 2.05 bits per heavy atom. The lowest BCUT2D eigenvalue weighted by Gasteiger charge is -1.97. The van der Waals surface area contributed by atoms with Gasteiger partial charge in [0.1, 0.15) is 6.61 Å². The molecule has 1 unspecified atom stereocenters. The largest absolute Gasteiger partial charge is 0.771 e. The Labute approximate surface area is 111 Å². The highest BCUT2D eigenvalue weighted by molar-refractivity contribution is 7.33. The van der Waals surface area contributed by atoms with Crippen molar-refractivity contribution < 1.29 is 13.7 Å². The van der Waals surface area contributed by atoms with E-state index in [2.05, 4.69) is 0 Å². The third kappa shape index (κ3) is 2.09. The summed E-state index contributed by atoms with van der Waals surface area (Å²) in [6.45, 7) is 2.13. The molecule has 0 aliphatic carbocycles. The predicted octanol–water partition coefficient (Wildman–Crippen LogP) is 3.92. The van der Waals surface area contributed by atoms with E-state index in [0.29, 0.717) is 6.61 Å². The van der Waals surface area contributed by atoms with Crippen molar-refractivity contribution in [3.63, 3.8) is 0 Å². The van der Waals surface area contributed by atoms with Gasteiger partial charge in [-0.2, -0.15) is 0 Å². The van der Waals surface area contributed by atoms with Crippen molar-refractivity contribution in [2.75, 3.05) is 6.61 Å². The molecule has 0 saturated heterocycles. The second-order valence-corrected chi connectivity index (χ2v) is 4.92. The molecule has 19 heavy (non-hydrogen) atoms. The highest BCUT2D eigenvalue weighted by atomic mass is 31.1. The fraction of sp³-hybridized carbons (Fsp3) is 0.143. The minimum absolute atomic E-state index is 0.354. The molecule has 3 rings (SSSR count). The molecule has 1 aromatic heterocycles.